The Labute approximate surface area is 116 Å². The van der Waals surface area contributed by atoms with E-state index in [2.05, 4.69) is 4.98 Å². The Balaban J connectivity index is 2.41. The molecule has 1 atom stereocenters. The predicted molar refractivity (Wildman–Crippen MR) is 73.8 cm³/mol. The summed E-state index contributed by atoms with van der Waals surface area (Å²) in [6.07, 6.45) is 0. The van der Waals surface area contributed by atoms with Crippen LogP contribution in [0.1, 0.15) is 35.5 Å². The van der Waals surface area contributed by atoms with Gasteiger partial charge in [0.15, 0.2) is 0 Å². The summed E-state index contributed by atoms with van der Waals surface area (Å²) in [5.74, 6) is 0.556. The number of halogens is 1. The number of aryl methyl sites for hydroxylation is 3. The quantitative estimate of drug-likeness (QED) is 0.926. The van der Waals surface area contributed by atoms with E-state index in [1.54, 1.807) is 13.0 Å². The Morgan fingerprint density at radius 1 is 1.32 bits per heavy atom. The predicted octanol–water partition coefficient (Wildman–Crippen LogP) is 3.91. The van der Waals surface area contributed by atoms with E-state index < -0.39 is 0 Å². The van der Waals surface area contributed by atoms with Crippen molar-refractivity contribution < 1.29 is 8.81 Å². The molecule has 2 aromatic rings. The van der Waals surface area contributed by atoms with Gasteiger partial charge in [-0.3, -0.25) is 0 Å². The van der Waals surface area contributed by atoms with Crippen molar-refractivity contribution in [2.45, 2.75) is 43.9 Å². The minimum atomic E-state index is -0.241. The molecule has 19 heavy (non-hydrogen) atoms. The van der Waals surface area contributed by atoms with Crippen molar-refractivity contribution in [3.8, 4) is 0 Å². The topological polar surface area (TPSA) is 52.0 Å². The summed E-state index contributed by atoms with van der Waals surface area (Å²) < 4.78 is 19.2. The first-order valence-electron chi connectivity index (χ1n) is 6.06. The molecule has 1 unspecified atom stereocenters. The van der Waals surface area contributed by atoms with Crippen molar-refractivity contribution in [2.24, 2.45) is 5.73 Å². The first-order valence-corrected chi connectivity index (χ1v) is 6.87. The molecule has 2 N–H and O–H groups in total. The summed E-state index contributed by atoms with van der Waals surface area (Å²) >= 11 is 1.38. The van der Waals surface area contributed by atoms with Crippen LogP contribution in [0.15, 0.2) is 26.7 Å². The Morgan fingerprint density at radius 3 is 2.53 bits per heavy atom. The summed E-state index contributed by atoms with van der Waals surface area (Å²) in [7, 11) is 0. The molecular formula is C14H17FN2OS. The highest BCUT2D eigenvalue weighted by molar-refractivity contribution is 7.99. The lowest BCUT2D eigenvalue weighted by atomic mass is 10.1. The molecule has 3 nitrogen and oxygen atoms in total. The Kier molecular flexibility index (Phi) is 3.96. The molecule has 1 heterocycles. The third kappa shape index (κ3) is 2.98. The van der Waals surface area contributed by atoms with Crippen molar-refractivity contribution in [3.05, 3.63) is 40.5 Å². The second-order valence-electron chi connectivity index (χ2n) is 4.65. The number of hydrogen-bond acceptors (Lipinski definition) is 4. The zero-order valence-corrected chi connectivity index (χ0v) is 12.3. The van der Waals surface area contributed by atoms with Gasteiger partial charge in [-0.05, 0) is 62.7 Å². The van der Waals surface area contributed by atoms with Gasteiger partial charge in [0.1, 0.15) is 11.6 Å². The molecule has 0 saturated heterocycles. The number of nitrogens with zero attached hydrogens (tertiary/aromatic N) is 1. The highest BCUT2D eigenvalue weighted by Crippen LogP contribution is 2.34. The monoisotopic (exact) mass is 280 g/mol. The van der Waals surface area contributed by atoms with E-state index in [0.29, 0.717) is 10.8 Å². The Hall–Kier alpha value is -1.33. The molecule has 0 aliphatic rings. The number of rotatable bonds is 3. The molecule has 2 rings (SSSR count). The fourth-order valence-electron chi connectivity index (χ4n) is 1.70. The average Bonchev–Trinajstić information content (AvgIpc) is 2.62. The van der Waals surface area contributed by atoms with Crippen molar-refractivity contribution in [3.63, 3.8) is 0 Å². The van der Waals surface area contributed by atoms with Gasteiger partial charge in [-0.15, -0.1) is 0 Å². The standard InChI is InChI=1S/C14H17FN2OS/c1-7-5-13(11(8(2)16)6-12(7)15)19-14-17-9(3)10(4)18-14/h5-6,8H,16H2,1-4H3. The summed E-state index contributed by atoms with van der Waals surface area (Å²) in [6.45, 7) is 7.33. The summed E-state index contributed by atoms with van der Waals surface area (Å²) in [5.41, 5.74) is 8.11. The van der Waals surface area contributed by atoms with E-state index in [1.807, 2.05) is 20.8 Å². The van der Waals surface area contributed by atoms with Gasteiger partial charge in [-0.2, -0.15) is 0 Å². The maximum Gasteiger partial charge on any atom is 0.261 e. The number of benzene rings is 1. The fraction of sp³-hybridized carbons (Fsp3) is 0.357. The van der Waals surface area contributed by atoms with Crippen LogP contribution in [0.25, 0.3) is 0 Å². The molecule has 1 aromatic heterocycles. The molecular weight excluding hydrogens is 263 g/mol. The normalized spacial score (nSPS) is 12.7. The maximum absolute atomic E-state index is 13.6. The number of aromatic nitrogens is 1. The average molecular weight is 280 g/mol. The van der Waals surface area contributed by atoms with Crippen molar-refractivity contribution >= 4 is 11.8 Å². The molecule has 0 radical (unpaired) electrons. The zero-order chi connectivity index (χ0) is 14.2. The lowest BCUT2D eigenvalue weighted by molar-refractivity contribution is 0.431. The molecule has 0 aliphatic carbocycles. The van der Waals surface area contributed by atoms with Gasteiger partial charge in [0.2, 0.25) is 0 Å². The van der Waals surface area contributed by atoms with Gasteiger partial charge in [0.05, 0.1) is 5.69 Å². The van der Waals surface area contributed by atoms with Crippen LogP contribution in [-0.4, -0.2) is 4.98 Å². The van der Waals surface area contributed by atoms with E-state index in [-0.39, 0.29) is 11.9 Å². The van der Waals surface area contributed by atoms with Crippen LogP contribution in [0.2, 0.25) is 0 Å². The smallest absolute Gasteiger partial charge is 0.261 e. The van der Waals surface area contributed by atoms with Gasteiger partial charge >= 0.3 is 0 Å². The number of nitrogens with two attached hydrogens (primary N) is 1. The van der Waals surface area contributed by atoms with Crippen LogP contribution in [0.5, 0.6) is 0 Å². The van der Waals surface area contributed by atoms with Gasteiger partial charge in [-0.1, -0.05) is 0 Å². The van der Waals surface area contributed by atoms with Gasteiger partial charge < -0.3 is 10.2 Å². The van der Waals surface area contributed by atoms with Crippen LogP contribution < -0.4 is 5.73 Å². The SMILES string of the molecule is Cc1cc(Sc2nc(C)c(C)o2)c(C(C)N)cc1F. The summed E-state index contributed by atoms with van der Waals surface area (Å²) in [6, 6.07) is 3.04. The van der Waals surface area contributed by atoms with Crippen LogP contribution in [0.3, 0.4) is 0 Å². The highest BCUT2D eigenvalue weighted by Gasteiger charge is 2.15. The largest absolute Gasteiger partial charge is 0.436 e. The second-order valence-corrected chi connectivity index (χ2v) is 5.64. The third-order valence-electron chi connectivity index (χ3n) is 2.99. The molecule has 5 heteroatoms. The maximum atomic E-state index is 13.6. The minimum Gasteiger partial charge on any atom is -0.436 e. The van der Waals surface area contributed by atoms with E-state index in [4.69, 9.17) is 10.2 Å². The molecule has 0 bridgehead atoms. The van der Waals surface area contributed by atoms with Crippen LogP contribution in [0, 0.1) is 26.6 Å². The van der Waals surface area contributed by atoms with Gasteiger partial charge in [0, 0.05) is 10.9 Å². The molecule has 0 aliphatic heterocycles. The minimum absolute atomic E-state index is 0.239. The Bertz CT molecular complexity index is 588. The second kappa shape index (κ2) is 5.35. The molecule has 0 fully saturated rings. The first kappa shape index (κ1) is 14.1. The van der Waals surface area contributed by atoms with E-state index in [1.165, 1.54) is 17.8 Å². The van der Waals surface area contributed by atoms with Gasteiger partial charge in [-0.25, -0.2) is 9.37 Å². The lowest BCUT2D eigenvalue weighted by Gasteiger charge is -2.12. The van der Waals surface area contributed by atoms with E-state index in [9.17, 15) is 4.39 Å². The van der Waals surface area contributed by atoms with Crippen molar-refractivity contribution in [1.29, 1.82) is 0 Å². The zero-order valence-electron chi connectivity index (χ0n) is 11.5. The number of oxazole rings is 1. The van der Waals surface area contributed by atoms with Crippen LogP contribution >= 0.6 is 11.8 Å². The third-order valence-corrected chi connectivity index (χ3v) is 3.91. The van der Waals surface area contributed by atoms with Gasteiger partial charge in [0.25, 0.3) is 5.22 Å². The van der Waals surface area contributed by atoms with Crippen molar-refractivity contribution in [2.75, 3.05) is 0 Å². The Morgan fingerprint density at radius 2 is 2.00 bits per heavy atom. The molecule has 102 valence electrons. The van der Waals surface area contributed by atoms with Crippen molar-refractivity contribution in [1.82, 2.24) is 4.98 Å². The lowest BCUT2D eigenvalue weighted by Crippen LogP contribution is -2.07. The summed E-state index contributed by atoms with van der Waals surface area (Å²) in [4.78, 5) is 5.20. The summed E-state index contributed by atoms with van der Waals surface area (Å²) in [5, 5.41) is 0.558. The fourth-order valence-corrected chi connectivity index (χ4v) is 2.83. The molecule has 0 spiro atoms. The van der Waals surface area contributed by atoms with E-state index >= 15 is 0 Å². The highest BCUT2D eigenvalue weighted by atomic mass is 32.2. The first-order chi connectivity index (χ1) is 8.88. The van der Waals surface area contributed by atoms with Crippen LogP contribution in [-0.2, 0) is 0 Å². The molecule has 0 amide bonds. The number of hydrogen-bond donors (Lipinski definition) is 1. The van der Waals surface area contributed by atoms with Crippen LogP contribution in [0.4, 0.5) is 4.39 Å². The molecule has 0 saturated carbocycles. The van der Waals surface area contributed by atoms with E-state index in [0.717, 1.165) is 21.9 Å². The molecule has 1 aromatic carbocycles.